The second-order valence-corrected chi connectivity index (χ2v) is 10.2. The summed E-state index contributed by atoms with van der Waals surface area (Å²) in [5.41, 5.74) is 4.45. The van der Waals surface area contributed by atoms with Crippen LogP contribution in [-0.4, -0.2) is 39.7 Å². The molecule has 0 spiro atoms. The van der Waals surface area contributed by atoms with Gasteiger partial charge in [0.15, 0.2) is 0 Å². The molecule has 2 aromatic heterocycles. The normalized spacial score (nSPS) is 19.4. The van der Waals surface area contributed by atoms with Crippen molar-refractivity contribution in [2.45, 2.75) is 51.4 Å². The van der Waals surface area contributed by atoms with Gasteiger partial charge in [0.25, 0.3) is 5.91 Å². The Hall–Kier alpha value is -4.33. The number of fused-ring (bicyclic) bond motifs is 7. The summed E-state index contributed by atoms with van der Waals surface area (Å²) in [5.74, 6) is -0.247. The number of para-hydroxylation sites is 1. The van der Waals surface area contributed by atoms with Crippen LogP contribution in [0.4, 0.5) is 0 Å². The minimum Gasteiger partial charge on any atom is -0.467 e. The van der Waals surface area contributed by atoms with Gasteiger partial charge in [0, 0.05) is 28.6 Å². The fourth-order valence-electron chi connectivity index (χ4n) is 5.79. The average molecular weight is 511 g/mol. The molecule has 3 amide bonds. The van der Waals surface area contributed by atoms with Crippen molar-refractivity contribution < 1.29 is 18.8 Å². The zero-order chi connectivity index (χ0) is 26.4. The molecule has 38 heavy (non-hydrogen) atoms. The van der Waals surface area contributed by atoms with Crippen LogP contribution in [0, 0.1) is 5.92 Å². The van der Waals surface area contributed by atoms with Crippen LogP contribution in [0.25, 0.3) is 10.9 Å². The number of amides is 3. The van der Waals surface area contributed by atoms with Gasteiger partial charge in [0.1, 0.15) is 17.8 Å². The Balaban J connectivity index is 1.34. The minimum atomic E-state index is -0.754. The molecule has 0 aliphatic carbocycles. The number of aromatic nitrogens is 1. The van der Waals surface area contributed by atoms with Crippen LogP contribution in [0.1, 0.15) is 59.2 Å². The maximum absolute atomic E-state index is 14.0. The van der Waals surface area contributed by atoms with Gasteiger partial charge in [-0.3, -0.25) is 14.4 Å². The van der Waals surface area contributed by atoms with E-state index in [9.17, 15) is 14.4 Å². The molecule has 2 aromatic carbocycles. The van der Waals surface area contributed by atoms with Crippen LogP contribution < -0.4 is 10.6 Å². The van der Waals surface area contributed by atoms with Crippen molar-refractivity contribution in [3.8, 4) is 0 Å². The summed E-state index contributed by atoms with van der Waals surface area (Å²) in [6, 6.07) is 17.2. The van der Waals surface area contributed by atoms with Crippen molar-refractivity contribution in [1.82, 2.24) is 20.5 Å². The predicted molar refractivity (Wildman–Crippen MR) is 142 cm³/mol. The number of rotatable bonds is 7. The van der Waals surface area contributed by atoms with Crippen molar-refractivity contribution in [2.24, 2.45) is 5.92 Å². The van der Waals surface area contributed by atoms with Gasteiger partial charge in [-0.05, 0) is 41.3 Å². The number of nitrogens with one attached hydrogen (secondary N) is 3. The van der Waals surface area contributed by atoms with Gasteiger partial charge in [-0.25, -0.2) is 0 Å². The molecule has 0 saturated carbocycles. The number of nitrogens with zero attached hydrogens (tertiary/aromatic N) is 1. The summed E-state index contributed by atoms with van der Waals surface area (Å²) in [7, 11) is 0. The lowest BCUT2D eigenvalue weighted by Gasteiger charge is -2.38. The van der Waals surface area contributed by atoms with Crippen molar-refractivity contribution in [3.63, 3.8) is 0 Å². The fraction of sp³-hybridized carbons (Fsp3) is 0.300. The molecule has 6 rings (SSSR count). The molecule has 0 fully saturated rings. The smallest absolute Gasteiger partial charge is 0.255 e. The lowest BCUT2D eigenvalue weighted by Crippen LogP contribution is -2.58. The molecule has 8 heteroatoms. The molecule has 4 aromatic rings. The molecular weight excluding hydrogens is 480 g/mol. The standard InChI is InChI=1S/C30H30N4O4/c1-3-17(2)25(29(36)31-16-18-9-8-14-38-18)33-28(35)24-15-22-19-10-6-7-13-23(19)32-26(22)27-20-11-4-5-12-21(20)30(37)34(24)27/h4-14,17,24-25,27,32H,3,15-16H2,1-2H3,(H,31,36)(H,33,35). The first-order chi connectivity index (χ1) is 18.5. The van der Waals surface area contributed by atoms with Gasteiger partial charge in [0.2, 0.25) is 11.8 Å². The SMILES string of the molecule is CCC(C)C(NC(=O)C1Cc2c([nH]c3ccccc23)C2c3ccccc3C(=O)N12)C(=O)NCc1ccco1. The van der Waals surface area contributed by atoms with E-state index in [1.165, 1.54) is 0 Å². The van der Waals surface area contributed by atoms with E-state index in [0.29, 0.717) is 24.2 Å². The largest absolute Gasteiger partial charge is 0.467 e. The molecule has 2 aliphatic heterocycles. The Bertz CT molecular complexity index is 1520. The molecule has 8 nitrogen and oxygen atoms in total. The van der Waals surface area contributed by atoms with Crippen molar-refractivity contribution in [3.05, 3.63) is 95.1 Å². The summed E-state index contributed by atoms with van der Waals surface area (Å²) in [4.78, 5) is 46.0. The van der Waals surface area contributed by atoms with Gasteiger partial charge >= 0.3 is 0 Å². The van der Waals surface area contributed by atoms with Crippen LogP contribution in [0.3, 0.4) is 0 Å². The van der Waals surface area contributed by atoms with E-state index in [1.54, 1.807) is 23.3 Å². The minimum absolute atomic E-state index is 0.106. The molecule has 2 aliphatic rings. The summed E-state index contributed by atoms with van der Waals surface area (Å²) in [5, 5.41) is 6.94. The lowest BCUT2D eigenvalue weighted by atomic mass is 9.89. The molecule has 4 atom stereocenters. The van der Waals surface area contributed by atoms with Crippen LogP contribution in [0.2, 0.25) is 0 Å². The summed E-state index contributed by atoms with van der Waals surface area (Å²) in [6.45, 7) is 4.16. The van der Waals surface area contributed by atoms with E-state index in [-0.39, 0.29) is 36.2 Å². The first kappa shape index (κ1) is 24.0. The summed E-state index contributed by atoms with van der Waals surface area (Å²) >= 11 is 0. The molecule has 194 valence electrons. The molecule has 0 bridgehead atoms. The van der Waals surface area contributed by atoms with Gasteiger partial charge < -0.3 is 24.9 Å². The third-order valence-corrected chi connectivity index (χ3v) is 7.96. The van der Waals surface area contributed by atoms with Crippen molar-refractivity contribution >= 4 is 28.6 Å². The van der Waals surface area contributed by atoms with Crippen LogP contribution >= 0.6 is 0 Å². The highest BCUT2D eigenvalue weighted by Crippen LogP contribution is 2.46. The molecule has 0 saturated heterocycles. The van der Waals surface area contributed by atoms with Crippen molar-refractivity contribution in [1.29, 1.82) is 0 Å². The molecule has 4 heterocycles. The fourth-order valence-corrected chi connectivity index (χ4v) is 5.79. The average Bonchev–Trinajstić information content (AvgIpc) is 3.66. The Labute approximate surface area is 220 Å². The highest BCUT2D eigenvalue weighted by Gasteiger charge is 2.49. The number of furan rings is 1. The third kappa shape index (κ3) is 3.88. The number of H-pyrrole nitrogens is 1. The number of aromatic amines is 1. The first-order valence-electron chi connectivity index (χ1n) is 13.1. The number of hydrogen-bond acceptors (Lipinski definition) is 4. The Morgan fingerprint density at radius 1 is 1.11 bits per heavy atom. The lowest BCUT2D eigenvalue weighted by molar-refractivity contribution is -0.133. The zero-order valence-corrected chi connectivity index (χ0v) is 21.4. The second kappa shape index (κ2) is 9.52. The van der Waals surface area contributed by atoms with E-state index in [1.807, 2.05) is 62.4 Å². The van der Waals surface area contributed by atoms with Gasteiger partial charge in [-0.15, -0.1) is 0 Å². The highest BCUT2D eigenvalue weighted by atomic mass is 16.3. The molecule has 4 unspecified atom stereocenters. The van der Waals surface area contributed by atoms with Gasteiger partial charge in [-0.2, -0.15) is 0 Å². The van der Waals surface area contributed by atoms with E-state index >= 15 is 0 Å². The van der Waals surface area contributed by atoms with Gasteiger partial charge in [0.05, 0.1) is 18.8 Å². The first-order valence-corrected chi connectivity index (χ1v) is 13.1. The monoisotopic (exact) mass is 510 g/mol. The summed E-state index contributed by atoms with van der Waals surface area (Å²) < 4.78 is 5.33. The maximum Gasteiger partial charge on any atom is 0.255 e. The van der Waals surface area contributed by atoms with E-state index in [0.717, 1.165) is 27.7 Å². The molecule has 3 N–H and O–H groups in total. The van der Waals surface area contributed by atoms with E-state index in [4.69, 9.17) is 4.42 Å². The Kier molecular flexibility index (Phi) is 6.02. The third-order valence-electron chi connectivity index (χ3n) is 7.96. The zero-order valence-electron chi connectivity index (χ0n) is 21.4. The topological polar surface area (TPSA) is 107 Å². The van der Waals surface area contributed by atoms with Crippen LogP contribution in [0.5, 0.6) is 0 Å². The predicted octanol–water partition coefficient (Wildman–Crippen LogP) is 4.08. The van der Waals surface area contributed by atoms with E-state index < -0.39 is 12.1 Å². The van der Waals surface area contributed by atoms with E-state index in [2.05, 4.69) is 15.6 Å². The molecule has 0 radical (unpaired) electrons. The van der Waals surface area contributed by atoms with Gasteiger partial charge in [-0.1, -0.05) is 56.7 Å². The maximum atomic E-state index is 14.0. The second-order valence-electron chi connectivity index (χ2n) is 10.2. The number of carbonyl (C=O) groups is 3. The Morgan fingerprint density at radius 3 is 2.68 bits per heavy atom. The summed E-state index contributed by atoms with van der Waals surface area (Å²) in [6.07, 6.45) is 2.62. The number of benzene rings is 2. The van der Waals surface area contributed by atoms with Crippen molar-refractivity contribution in [2.75, 3.05) is 0 Å². The highest BCUT2D eigenvalue weighted by molar-refractivity contribution is 6.04. The number of hydrogen-bond donors (Lipinski definition) is 3. The Morgan fingerprint density at radius 2 is 1.89 bits per heavy atom. The van der Waals surface area contributed by atoms with Crippen LogP contribution in [-0.2, 0) is 22.6 Å². The molecular formula is C30H30N4O4. The van der Waals surface area contributed by atoms with Crippen LogP contribution in [0.15, 0.2) is 71.3 Å². The number of carbonyl (C=O) groups excluding carboxylic acids is 3. The quantitative estimate of drug-likeness (QED) is 0.348.